The summed E-state index contributed by atoms with van der Waals surface area (Å²) in [4.78, 5) is 2.38. The van der Waals surface area contributed by atoms with E-state index in [1.54, 1.807) is 0 Å². The van der Waals surface area contributed by atoms with Crippen molar-refractivity contribution in [2.75, 3.05) is 4.90 Å². The highest BCUT2D eigenvalue weighted by molar-refractivity contribution is 7.25. The number of rotatable bonds is 4. The van der Waals surface area contributed by atoms with E-state index in [0.29, 0.717) is 0 Å². The molecule has 0 saturated carbocycles. The number of fused-ring (bicyclic) bond motifs is 4. The summed E-state index contributed by atoms with van der Waals surface area (Å²) in [6.45, 7) is 8.24. The van der Waals surface area contributed by atoms with E-state index in [0.717, 1.165) is 11.4 Å². The Balaban J connectivity index is 0.00000130. The summed E-state index contributed by atoms with van der Waals surface area (Å²) in [6, 6.07) is 37.6. The average Bonchev–Trinajstić information content (AvgIpc) is 3.30. The van der Waals surface area contributed by atoms with Crippen molar-refractivity contribution in [3.63, 3.8) is 0 Å². The molecule has 0 aliphatic heterocycles. The SMILES string of the molecule is C/C=C\c1cc(N(c2ccc3ccccc3c2)c2ccc3sc4ccccc4c3c2)ccc1C.CC. The van der Waals surface area contributed by atoms with Crippen molar-refractivity contribution >= 4 is 65.4 Å². The highest BCUT2D eigenvalue weighted by Gasteiger charge is 2.16. The molecule has 0 aliphatic rings. The van der Waals surface area contributed by atoms with Gasteiger partial charge in [0.25, 0.3) is 0 Å². The fourth-order valence-corrected chi connectivity index (χ4v) is 5.83. The average molecular weight is 486 g/mol. The van der Waals surface area contributed by atoms with Crippen LogP contribution < -0.4 is 4.90 Å². The Kier molecular flexibility index (Phi) is 6.88. The van der Waals surface area contributed by atoms with Crippen molar-refractivity contribution in [2.24, 2.45) is 0 Å². The van der Waals surface area contributed by atoms with Crippen LogP contribution in [0.4, 0.5) is 17.1 Å². The first-order chi connectivity index (χ1) is 17.7. The number of aryl methyl sites for hydroxylation is 1. The van der Waals surface area contributed by atoms with Gasteiger partial charge in [0.2, 0.25) is 0 Å². The number of hydrogen-bond acceptors (Lipinski definition) is 2. The molecule has 0 radical (unpaired) electrons. The van der Waals surface area contributed by atoms with Crippen LogP contribution >= 0.6 is 11.3 Å². The number of allylic oxidation sites excluding steroid dienone is 1. The minimum absolute atomic E-state index is 1.16. The van der Waals surface area contributed by atoms with Gasteiger partial charge in [-0.05, 0) is 84.3 Å². The molecule has 5 aromatic carbocycles. The molecule has 6 aromatic rings. The van der Waals surface area contributed by atoms with Gasteiger partial charge in [0.15, 0.2) is 0 Å². The first-order valence-corrected chi connectivity index (χ1v) is 13.5. The smallest absolute Gasteiger partial charge is 0.0468 e. The molecule has 0 bridgehead atoms. The van der Waals surface area contributed by atoms with E-state index < -0.39 is 0 Å². The Labute approximate surface area is 217 Å². The lowest BCUT2D eigenvalue weighted by molar-refractivity contribution is 1.28. The van der Waals surface area contributed by atoms with Gasteiger partial charge in [0, 0.05) is 37.2 Å². The summed E-state index contributed by atoms with van der Waals surface area (Å²) in [6.07, 6.45) is 4.29. The topological polar surface area (TPSA) is 3.24 Å². The maximum atomic E-state index is 2.38. The van der Waals surface area contributed by atoms with Crippen molar-refractivity contribution in [1.82, 2.24) is 0 Å². The minimum Gasteiger partial charge on any atom is -0.310 e. The maximum Gasteiger partial charge on any atom is 0.0468 e. The van der Waals surface area contributed by atoms with E-state index in [2.05, 4.69) is 134 Å². The molecule has 6 rings (SSSR count). The second-order valence-electron chi connectivity index (χ2n) is 8.69. The van der Waals surface area contributed by atoms with Crippen LogP contribution in [0, 0.1) is 6.92 Å². The van der Waals surface area contributed by atoms with Crippen LogP contribution in [-0.4, -0.2) is 0 Å². The Morgan fingerprint density at radius 3 is 2.08 bits per heavy atom. The summed E-state index contributed by atoms with van der Waals surface area (Å²) < 4.78 is 2.65. The van der Waals surface area contributed by atoms with E-state index >= 15 is 0 Å². The van der Waals surface area contributed by atoms with Gasteiger partial charge in [-0.3, -0.25) is 0 Å². The van der Waals surface area contributed by atoms with Gasteiger partial charge in [-0.15, -0.1) is 11.3 Å². The van der Waals surface area contributed by atoms with Crippen LogP contribution in [0.3, 0.4) is 0 Å². The molecular formula is C34H31NS. The molecule has 178 valence electrons. The summed E-state index contributed by atoms with van der Waals surface area (Å²) in [5, 5.41) is 5.13. The fraction of sp³-hybridized carbons (Fsp3) is 0.118. The monoisotopic (exact) mass is 485 g/mol. The molecule has 1 aromatic heterocycles. The van der Waals surface area contributed by atoms with Crippen molar-refractivity contribution in [3.8, 4) is 0 Å². The van der Waals surface area contributed by atoms with Crippen LogP contribution in [0.25, 0.3) is 37.0 Å². The Morgan fingerprint density at radius 2 is 1.25 bits per heavy atom. The van der Waals surface area contributed by atoms with Crippen LogP contribution in [0.5, 0.6) is 0 Å². The lowest BCUT2D eigenvalue weighted by Gasteiger charge is -2.26. The fourth-order valence-electron chi connectivity index (χ4n) is 4.74. The maximum absolute atomic E-state index is 2.38. The lowest BCUT2D eigenvalue weighted by Crippen LogP contribution is -2.10. The molecule has 0 atom stereocenters. The second kappa shape index (κ2) is 10.4. The molecule has 1 nitrogen and oxygen atoms in total. The van der Waals surface area contributed by atoms with E-state index in [9.17, 15) is 0 Å². The highest BCUT2D eigenvalue weighted by atomic mass is 32.1. The number of hydrogen-bond donors (Lipinski definition) is 0. The third-order valence-electron chi connectivity index (χ3n) is 6.48. The second-order valence-corrected chi connectivity index (χ2v) is 9.77. The predicted octanol–water partition coefficient (Wildman–Crippen LogP) is 11.0. The molecule has 0 fully saturated rings. The quantitative estimate of drug-likeness (QED) is 0.240. The van der Waals surface area contributed by atoms with Gasteiger partial charge < -0.3 is 4.90 Å². The largest absolute Gasteiger partial charge is 0.310 e. The summed E-state index contributed by atoms with van der Waals surface area (Å²) >= 11 is 1.86. The first kappa shape index (κ1) is 23.8. The molecule has 0 spiro atoms. The molecular weight excluding hydrogens is 454 g/mol. The summed E-state index contributed by atoms with van der Waals surface area (Å²) in [7, 11) is 0. The van der Waals surface area contributed by atoms with Gasteiger partial charge in [-0.25, -0.2) is 0 Å². The van der Waals surface area contributed by atoms with Gasteiger partial charge in [0.1, 0.15) is 0 Å². The molecule has 36 heavy (non-hydrogen) atoms. The van der Waals surface area contributed by atoms with Crippen molar-refractivity contribution in [3.05, 3.63) is 120 Å². The zero-order valence-electron chi connectivity index (χ0n) is 21.3. The normalized spacial score (nSPS) is 11.2. The Hall–Kier alpha value is -3.88. The Bertz CT molecular complexity index is 1690. The Morgan fingerprint density at radius 1 is 0.611 bits per heavy atom. The molecule has 0 N–H and O–H groups in total. The number of anilines is 3. The van der Waals surface area contributed by atoms with E-state index in [1.165, 1.54) is 47.8 Å². The number of benzene rings is 5. The molecule has 0 unspecified atom stereocenters. The zero-order valence-corrected chi connectivity index (χ0v) is 22.1. The minimum atomic E-state index is 1.16. The lowest BCUT2D eigenvalue weighted by atomic mass is 10.0. The van der Waals surface area contributed by atoms with Crippen molar-refractivity contribution < 1.29 is 0 Å². The van der Waals surface area contributed by atoms with Gasteiger partial charge in [-0.1, -0.05) is 80.6 Å². The number of nitrogens with zero attached hydrogens (tertiary/aromatic N) is 1. The highest BCUT2D eigenvalue weighted by Crippen LogP contribution is 2.41. The third-order valence-corrected chi connectivity index (χ3v) is 7.63. The summed E-state index contributed by atoms with van der Waals surface area (Å²) in [5.41, 5.74) is 6.01. The molecule has 0 amide bonds. The molecule has 2 heteroatoms. The van der Waals surface area contributed by atoms with E-state index in [4.69, 9.17) is 0 Å². The van der Waals surface area contributed by atoms with Gasteiger partial charge in [-0.2, -0.15) is 0 Å². The van der Waals surface area contributed by atoms with Gasteiger partial charge in [0.05, 0.1) is 0 Å². The first-order valence-electron chi connectivity index (χ1n) is 12.6. The van der Waals surface area contributed by atoms with Crippen LogP contribution in [0.2, 0.25) is 0 Å². The molecule has 0 saturated heterocycles. The van der Waals surface area contributed by atoms with E-state index in [1.807, 2.05) is 25.2 Å². The van der Waals surface area contributed by atoms with Gasteiger partial charge >= 0.3 is 0 Å². The summed E-state index contributed by atoms with van der Waals surface area (Å²) in [5.74, 6) is 0. The van der Waals surface area contributed by atoms with Crippen LogP contribution in [0.15, 0.2) is 109 Å². The van der Waals surface area contributed by atoms with Crippen LogP contribution in [0.1, 0.15) is 31.9 Å². The standard InChI is InChI=1S/C32H25NS.C2H6/c1-3-8-24-19-26(15-13-22(24)2)33(27-16-14-23-9-4-5-10-25(23)20-27)28-17-18-32-30(21-28)29-11-6-7-12-31(29)34-32;1-2/h3-21H,1-2H3;1-2H3/b8-3-;. The van der Waals surface area contributed by atoms with E-state index in [-0.39, 0.29) is 0 Å². The predicted molar refractivity (Wildman–Crippen MR) is 162 cm³/mol. The van der Waals surface area contributed by atoms with Crippen molar-refractivity contribution in [1.29, 1.82) is 0 Å². The van der Waals surface area contributed by atoms with Crippen LogP contribution in [-0.2, 0) is 0 Å². The molecule has 0 aliphatic carbocycles. The zero-order chi connectivity index (χ0) is 25.1. The molecule has 1 heterocycles. The third kappa shape index (κ3) is 4.41. The van der Waals surface area contributed by atoms with Crippen molar-refractivity contribution in [2.45, 2.75) is 27.7 Å². The number of thiophene rings is 1.